The minimum atomic E-state index is -0.978. The van der Waals surface area contributed by atoms with Crippen LogP contribution in [0.1, 0.15) is 40.0 Å². The van der Waals surface area contributed by atoms with Crippen molar-refractivity contribution in [3.63, 3.8) is 0 Å². The van der Waals surface area contributed by atoms with Gasteiger partial charge in [0.15, 0.2) is 0 Å². The van der Waals surface area contributed by atoms with E-state index in [0.29, 0.717) is 32.5 Å². The zero-order valence-electron chi connectivity index (χ0n) is 14.8. The van der Waals surface area contributed by atoms with Crippen LogP contribution in [-0.2, 0) is 9.53 Å². The van der Waals surface area contributed by atoms with Crippen molar-refractivity contribution in [1.29, 1.82) is 0 Å². The lowest BCUT2D eigenvalue weighted by Gasteiger charge is -2.40. The number of rotatable bonds is 5. The van der Waals surface area contributed by atoms with Crippen LogP contribution in [0.2, 0.25) is 0 Å². The van der Waals surface area contributed by atoms with E-state index in [1.165, 1.54) is 0 Å². The first-order chi connectivity index (χ1) is 10.4. The summed E-state index contributed by atoms with van der Waals surface area (Å²) >= 11 is 0. The number of carbonyl (C=O) groups excluding carboxylic acids is 1. The van der Waals surface area contributed by atoms with Crippen molar-refractivity contribution in [3.8, 4) is 0 Å². The molecule has 1 rings (SSSR count). The fourth-order valence-corrected chi connectivity index (χ4v) is 2.89. The molecule has 0 aromatic rings. The summed E-state index contributed by atoms with van der Waals surface area (Å²) in [6, 6.07) is 0. The van der Waals surface area contributed by atoms with Crippen molar-refractivity contribution in [3.05, 3.63) is 0 Å². The quantitative estimate of drug-likeness (QED) is 0.792. The fourth-order valence-electron chi connectivity index (χ4n) is 2.89. The van der Waals surface area contributed by atoms with Crippen LogP contribution in [0.15, 0.2) is 0 Å². The zero-order valence-corrected chi connectivity index (χ0v) is 14.8. The molecule has 0 spiro atoms. The summed E-state index contributed by atoms with van der Waals surface area (Å²) in [6.45, 7) is 6.48. The molecule has 0 aromatic heterocycles. The molecule has 1 amide bonds. The molecule has 1 aliphatic rings. The third-order valence-corrected chi connectivity index (χ3v) is 4.03. The van der Waals surface area contributed by atoms with Crippen molar-refractivity contribution in [1.82, 2.24) is 9.80 Å². The highest BCUT2D eigenvalue weighted by Crippen LogP contribution is 2.37. The molecule has 23 heavy (non-hydrogen) atoms. The second kappa shape index (κ2) is 7.49. The van der Waals surface area contributed by atoms with E-state index < -0.39 is 29.2 Å². The molecule has 1 atom stereocenters. The molecule has 7 nitrogen and oxygen atoms in total. The largest absolute Gasteiger partial charge is 0.481 e. The number of aliphatic carboxylic acids is 1. The van der Waals surface area contributed by atoms with E-state index in [4.69, 9.17) is 4.74 Å². The summed E-state index contributed by atoms with van der Waals surface area (Å²) in [5.74, 6) is -0.904. The number of carboxylic acid groups (broad SMARTS) is 1. The van der Waals surface area contributed by atoms with E-state index >= 15 is 0 Å². The number of hydrogen-bond donors (Lipinski definition) is 2. The van der Waals surface area contributed by atoms with Gasteiger partial charge in [-0.05, 0) is 54.1 Å². The molecule has 0 aliphatic carbocycles. The van der Waals surface area contributed by atoms with E-state index in [1.807, 2.05) is 19.0 Å². The van der Waals surface area contributed by atoms with Crippen LogP contribution >= 0.6 is 0 Å². The number of ether oxygens (including phenoxy) is 1. The second-order valence-electron chi connectivity index (χ2n) is 7.67. The minimum absolute atomic E-state index is 0.197. The average Bonchev–Trinajstić information content (AvgIpc) is 2.35. The maximum atomic E-state index is 12.1. The Labute approximate surface area is 138 Å². The first-order valence-electron chi connectivity index (χ1n) is 7.99. The van der Waals surface area contributed by atoms with Gasteiger partial charge in [0.1, 0.15) is 5.60 Å². The van der Waals surface area contributed by atoms with Crippen LogP contribution in [0.4, 0.5) is 4.79 Å². The average molecular weight is 330 g/mol. The topological polar surface area (TPSA) is 90.3 Å². The smallest absolute Gasteiger partial charge is 0.410 e. The molecule has 0 bridgehead atoms. The Morgan fingerprint density at radius 3 is 2.17 bits per heavy atom. The van der Waals surface area contributed by atoms with E-state index in [0.717, 1.165) is 0 Å². The van der Waals surface area contributed by atoms with Crippen LogP contribution < -0.4 is 0 Å². The van der Waals surface area contributed by atoms with Gasteiger partial charge in [0, 0.05) is 19.6 Å². The number of aliphatic hydroxyl groups is 1. The number of piperidine rings is 1. The number of carbonyl (C=O) groups is 2. The van der Waals surface area contributed by atoms with Crippen LogP contribution in [0.3, 0.4) is 0 Å². The Hall–Kier alpha value is -1.34. The summed E-state index contributed by atoms with van der Waals surface area (Å²) in [5.41, 5.74) is -1.55. The molecule has 1 saturated heterocycles. The number of carboxylic acids is 1. The number of aliphatic hydroxyl groups excluding tert-OH is 1. The third-order valence-electron chi connectivity index (χ3n) is 4.03. The van der Waals surface area contributed by atoms with Gasteiger partial charge in [-0.3, -0.25) is 4.79 Å². The van der Waals surface area contributed by atoms with Crippen molar-refractivity contribution < 1.29 is 24.5 Å². The minimum Gasteiger partial charge on any atom is -0.481 e. The van der Waals surface area contributed by atoms with Gasteiger partial charge in [0.2, 0.25) is 0 Å². The molecular weight excluding hydrogens is 300 g/mol. The SMILES string of the molecule is CN(C)C[C@H](O)CC1(C(=O)O)CCN(C(=O)OC(C)(C)C)CC1. The molecule has 1 aliphatic heterocycles. The zero-order chi connectivity index (χ0) is 17.8. The maximum Gasteiger partial charge on any atom is 0.410 e. The third kappa shape index (κ3) is 5.99. The lowest BCUT2D eigenvalue weighted by molar-refractivity contribution is -0.154. The van der Waals surface area contributed by atoms with Gasteiger partial charge in [-0.25, -0.2) is 4.79 Å². The molecule has 0 aromatic carbocycles. The van der Waals surface area contributed by atoms with Gasteiger partial charge in [0.05, 0.1) is 11.5 Å². The summed E-state index contributed by atoms with van der Waals surface area (Å²) in [4.78, 5) is 27.2. The van der Waals surface area contributed by atoms with Crippen LogP contribution in [0, 0.1) is 5.41 Å². The van der Waals surface area contributed by atoms with Crippen molar-refractivity contribution in [2.45, 2.75) is 51.7 Å². The lowest BCUT2D eigenvalue weighted by atomic mass is 9.74. The fraction of sp³-hybridized carbons (Fsp3) is 0.875. The Kier molecular flexibility index (Phi) is 6.41. The molecule has 0 saturated carbocycles. The van der Waals surface area contributed by atoms with Gasteiger partial charge < -0.3 is 24.7 Å². The highest BCUT2D eigenvalue weighted by atomic mass is 16.6. The Bertz CT molecular complexity index is 423. The lowest BCUT2D eigenvalue weighted by Crippen LogP contribution is -2.49. The molecule has 7 heteroatoms. The van der Waals surface area contributed by atoms with Gasteiger partial charge in [-0.15, -0.1) is 0 Å². The maximum absolute atomic E-state index is 12.1. The van der Waals surface area contributed by atoms with E-state index in [-0.39, 0.29) is 6.42 Å². The van der Waals surface area contributed by atoms with Crippen molar-refractivity contribution in [2.75, 3.05) is 33.7 Å². The highest BCUT2D eigenvalue weighted by molar-refractivity contribution is 5.75. The van der Waals surface area contributed by atoms with Crippen molar-refractivity contribution >= 4 is 12.1 Å². The Morgan fingerprint density at radius 1 is 1.26 bits per heavy atom. The molecule has 1 heterocycles. The van der Waals surface area contributed by atoms with Gasteiger partial charge >= 0.3 is 12.1 Å². The molecule has 0 unspecified atom stereocenters. The van der Waals surface area contributed by atoms with Gasteiger partial charge in [-0.1, -0.05) is 0 Å². The normalized spacial score (nSPS) is 19.5. The summed E-state index contributed by atoms with van der Waals surface area (Å²) < 4.78 is 5.32. The summed E-state index contributed by atoms with van der Waals surface area (Å²) in [6.07, 6.45) is -0.264. The predicted molar refractivity (Wildman–Crippen MR) is 86.3 cm³/mol. The molecule has 1 fully saturated rings. The van der Waals surface area contributed by atoms with Crippen LogP contribution in [0.5, 0.6) is 0 Å². The Morgan fingerprint density at radius 2 is 1.78 bits per heavy atom. The number of nitrogens with zero attached hydrogens (tertiary/aromatic N) is 2. The standard InChI is InChI=1S/C16H30N2O5/c1-15(2,3)23-14(22)18-8-6-16(7-9-18,13(20)21)10-12(19)11-17(4)5/h12,19H,6-11H2,1-5H3,(H,20,21)/t12-/m1/s1. The molecule has 2 N–H and O–H groups in total. The molecule has 0 radical (unpaired) electrons. The number of likely N-dealkylation sites (N-methyl/N-ethyl adjacent to an activating group) is 1. The molecular formula is C16H30N2O5. The predicted octanol–water partition coefficient (Wildman–Crippen LogP) is 1.40. The van der Waals surface area contributed by atoms with Crippen molar-refractivity contribution in [2.24, 2.45) is 5.41 Å². The summed E-state index contributed by atoms with van der Waals surface area (Å²) in [7, 11) is 3.67. The Balaban J connectivity index is 2.67. The van der Waals surface area contributed by atoms with E-state index in [9.17, 15) is 19.8 Å². The van der Waals surface area contributed by atoms with Crippen LogP contribution in [0.25, 0.3) is 0 Å². The van der Waals surface area contributed by atoms with Gasteiger partial charge in [0.25, 0.3) is 0 Å². The number of hydrogen-bond acceptors (Lipinski definition) is 5. The second-order valence-corrected chi connectivity index (χ2v) is 7.67. The first kappa shape index (κ1) is 19.7. The van der Waals surface area contributed by atoms with Gasteiger partial charge in [-0.2, -0.15) is 0 Å². The monoisotopic (exact) mass is 330 g/mol. The molecule has 134 valence electrons. The number of amides is 1. The van der Waals surface area contributed by atoms with Crippen LogP contribution in [-0.4, -0.2) is 77.5 Å². The first-order valence-corrected chi connectivity index (χ1v) is 7.99. The van der Waals surface area contributed by atoms with E-state index in [2.05, 4.69) is 0 Å². The highest BCUT2D eigenvalue weighted by Gasteiger charge is 2.44. The number of likely N-dealkylation sites (tertiary alicyclic amines) is 1. The van der Waals surface area contributed by atoms with E-state index in [1.54, 1.807) is 25.7 Å². The summed E-state index contributed by atoms with van der Waals surface area (Å²) in [5, 5.41) is 19.7.